The Morgan fingerprint density at radius 1 is 0.667 bits per heavy atom. The minimum atomic E-state index is 0. The van der Waals surface area contributed by atoms with Crippen LogP contribution in [-0.2, 0) is 0 Å². The number of phenolic OH excluding ortho intramolecular Hbond substituents is 1. The fourth-order valence-electron chi connectivity index (χ4n) is 1.27. The molecule has 0 aliphatic rings. The minimum Gasteiger partial charge on any atom is -0.508 e. The summed E-state index contributed by atoms with van der Waals surface area (Å²) in [6, 6.07) is 19.2. The Hall–Kier alpha value is -1.76. The van der Waals surface area contributed by atoms with E-state index in [1.165, 1.54) is 5.56 Å². The highest BCUT2D eigenvalue weighted by Gasteiger charge is 1.93. The molecule has 120 valence electrons. The minimum absolute atomic E-state index is 0. The first kappa shape index (κ1) is 24.3. The summed E-state index contributed by atoms with van der Waals surface area (Å²) >= 11 is 0. The van der Waals surface area contributed by atoms with Crippen LogP contribution in [0.3, 0.4) is 0 Å². The highest BCUT2D eigenvalue weighted by Crippen LogP contribution is 2.11. The number of hydrogen-bond acceptors (Lipinski definition) is 1. The molecule has 2 rings (SSSR count). The van der Waals surface area contributed by atoms with Crippen molar-refractivity contribution in [2.75, 3.05) is 0 Å². The average molecular weight is 290 g/mol. The molecule has 2 aromatic rings. The third kappa shape index (κ3) is 14.5. The van der Waals surface area contributed by atoms with E-state index >= 15 is 0 Å². The number of benzene rings is 2. The Morgan fingerprint density at radius 2 is 1.00 bits per heavy atom. The molecule has 0 spiro atoms. The molecule has 0 saturated carbocycles. The van der Waals surface area contributed by atoms with Crippen molar-refractivity contribution in [1.29, 1.82) is 0 Å². The van der Waals surface area contributed by atoms with Gasteiger partial charge in [-0.15, -0.1) is 0 Å². The summed E-state index contributed by atoms with van der Waals surface area (Å²) in [5.74, 6) is 0.980. The number of aromatic hydroxyl groups is 1. The Balaban J connectivity index is -0.000000244. The zero-order valence-electron chi connectivity index (χ0n) is 13.8. The first-order valence-electron chi connectivity index (χ1n) is 7.49. The lowest BCUT2D eigenvalue weighted by Gasteiger charge is -2.01. The Morgan fingerprint density at radius 3 is 1.19 bits per heavy atom. The molecule has 0 aromatic heterocycles. The Labute approximate surface area is 132 Å². The first-order chi connectivity index (χ1) is 9.70. The second-order valence-corrected chi connectivity index (χ2v) is 3.90. The molecule has 0 unspecified atom stereocenters. The van der Waals surface area contributed by atoms with Crippen LogP contribution in [-0.4, -0.2) is 5.11 Å². The van der Waals surface area contributed by atoms with E-state index in [0.29, 0.717) is 11.7 Å². The molecule has 1 nitrogen and oxygen atoms in total. The van der Waals surface area contributed by atoms with Gasteiger partial charge in [0.15, 0.2) is 0 Å². The molecule has 1 heteroatoms. The topological polar surface area (TPSA) is 20.2 Å². The predicted molar refractivity (Wildman–Crippen MR) is 98.1 cm³/mol. The zero-order chi connectivity index (χ0) is 15.8. The van der Waals surface area contributed by atoms with Gasteiger partial charge in [-0.25, -0.2) is 0 Å². The molecular weight excluding hydrogens is 256 g/mol. The summed E-state index contributed by atoms with van der Waals surface area (Å²) in [5.41, 5.74) is 1.41. The van der Waals surface area contributed by atoms with E-state index in [9.17, 15) is 0 Å². The first-order valence-corrected chi connectivity index (χ1v) is 7.49. The molecule has 0 radical (unpaired) electrons. The maximum Gasteiger partial charge on any atom is 0.115 e. The van der Waals surface area contributed by atoms with Crippen molar-refractivity contribution in [3.8, 4) is 5.75 Å². The molecular formula is C20H34O. The molecule has 0 amide bonds. The van der Waals surface area contributed by atoms with Crippen molar-refractivity contribution in [3.63, 3.8) is 0 Å². The van der Waals surface area contributed by atoms with Crippen molar-refractivity contribution in [2.45, 2.75) is 54.9 Å². The molecule has 0 aliphatic carbocycles. The summed E-state index contributed by atoms with van der Waals surface area (Å²) in [4.78, 5) is 0. The van der Waals surface area contributed by atoms with Crippen molar-refractivity contribution >= 4 is 0 Å². The van der Waals surface area contributed by atoms with E-state index in [1.807, 2.05) is 39.8 Å². The van der Waals surface area contributed by atoms with Gasteiger partial charge in [0.25, 0.3) is 0 Å². The molecule has 2 aromatic carbocycles. The van der Waals surface area contributed by atoms with Gasteiger partial charge in [0.05, 0.1) is 0 Å². The normalized spacial score (nSPS) is 7.76. The highest BCUT2D eigenvalue weighted by molar-refractivity contribution is 5.18. The van der Waals surface area contributed by atoms with Crippen LogP contribution in [0, 0.1) is 0 Å². The van der Waals surface area contributed by atoms with E-state index in [2.05, 4.69) is 38.1 Å². The van der Waals surface area contributed by atoms with E-state index < -0.39 is 0 Å². The van der Waals surface area contributed by atoms with Gasteiger partial charge >= 0.3 is 0 Å². The van der Waals surface area contributed by atoms with Crippen molar-refractivity contribution < 1.29 is 5.11 Å². The van der Waals surface area contributed by atoms with Crippen LogP contribution >= 0.6 is 0 Å². The Bertz CT molecular complexity index is 379. The molecule has 1 N–H and O–H groups in total. The van der Waals surface area contributed by atoms with E-state index in [0.717, 1.165) is 0 Å². The van der Waals surface area contributed by atoms with Gasteiger partial charge in [-0.2, -0.15) is 0 Å². The molecule has 0 aliphatic heterocycles. The van der Waals surface area contributed by atoms with Crippen LogP contribution in [0.5, 0.6) is 5.75 Å². The third-order valence-electron chi connectivity index (χ3n) is 2.22. The average Bonchev–Trinajstić information content (AvgIpc) is 2.53. The summed E-state index contributed by atoms with van der Waals surface area (Å²) in [5, 5.41) is 8.63. The number of phenols is 1. The molecule has 0 saturated heterocycles. The lowest BCUT2D eigenvalue weighted by Crippen LogP contribution is -1.83. The zero-order valence-corrected chi connectivity index (χ0v) is 13.8. The standard InChI is InChI=1S/C9H12.C6H6O.2C2H6.CH4/c1-8(2)9-6-4-3-5-7-9;7-6-4-2-1-3-5-6;2*1-2;/h3-8H,1-2H3;1-5,7H;2*1-2H3;1H4. The maximum atomic E-state index is 8.63. The smallest absolute Gasteiger partial charge is 0.115 e. The third-order valence-corrected chi connectivity index (χ3v) is 2.22. The maximum absolute atomic E-state index is 8.63. The van der Waals surface area contributed by atoms with Gasteiger partial charge in [0.2, 0.25) is 0 Å². The monoisotopic (exact) mass is 290 g/mol. The van der Waals surface area contributed by atoms with Crippen molar-refractivity contribution in [1.82, 2.24) is 0 Å². The van der Waals surface area contributed by atoms with E-state index in [4.69, 9.17) is 5.11 Å². The predicted octanol–water partition coefficient (Wildman–Crippen LogP) is 6.89. The van der Waals surface area contributed by atoms with Crippen LogP contribution in [0.15, 0.2) is 60.7 Å². The van der Waals surface area contributed by atoms with Gasteiger partial charge in [-0.05, 0) is 23.6 Å². The Kier molecular flexibility index (Phi) is 21.1. The molecule has 21 heavy (non-hydrogen) atoms. The largest absolute Gasteiger partial charge is 0.508 e. The fraction of sp³-hybridized carbons (Fsp3) is 0.400. The number of para-hydroxylation sites is 1. The van der Waals surface area contributed by atoms with Gasteiger partial charge in [-0.1, -0.05) is 97.5 Å². The fourth-order valence-corrected chi connectivity index (χ4v) is 1.27. The summed E-state index contributed by atoms with van der Waals surface area (Å²) in [6.07, 6.45) is 0. The molecule has 0 heterocycles. The summed E-state index contributed by atoms with van der Waals surface area (Å²) in [7, 11) is 0. The highest BCUT2D eigenvalue weighted by atomic mass is 16.3. The van der Waals surface area contributed by atoms with Crippen molar-refractivity contribution in [2.24, 2.45) is 0 Å². The molecule has 0 bridgehead atoms. The second kappa shape index (κ2) is 18.2. The number of rotatable bonds is 1. The van der Waals surface area contributed by atoms with E-state index in [-0.39, 0.29) is 7.43 Å². The van der Waals surface area contributed by atoms with Crippen LogP contribution in [0.2, 0.25) is 0 Å². The lowest BCUT2D eigenvalue weighted by molar-refractivity contribution is 0.475. The van der Waals surface area contributed by atoms with E-state index in [1.54, 1.807) is 24.3 Å². The SMILES string of the molecule is C.CC.CC.CC(C)c1ccccc1.Oc1ccccc1. The number of hydrogen-bond donors (Lipinski definition) is 1. The quantitative estimate of drug-likeness (QED) is 0.606. The van der Waals surface area contributed by atoms with Crippen molar-refractivity contribution in [3.05, 3.63) is 66.2 Å². The van der Waals surface area contributed by atoms with Gasteiger partial charge in [0.1, 0.15) is 5.75 Å². The van der Waals surface area contributed by atoms with Crippen LogP contribution in [0.4, 0.5) is 0 Å². The van der Waals surface area contributed by atoms with Gasteiger partial charge in [-0.3, -0.25) is 0 Å². The van der Waals surface area contributed by atoms with Gasteiger partial charge < -0.3 is 5.11 Å². The lowest BCUT2D eigenvalue weighted by atomic mass is 10.0. The summed E-state index contributed by atoms with van der Waals surface area (Å²) < 4.78 is 0. The van der Waals surface area contributed by atoms with Crippen LogP contribution < -0.4 is 0 Å². The molecule has 0 atom stereocenters. The van der Waals surface area contributed by atoms with Crippen LogP contribution in [0.25, 0.3) is 0 Å². The second-order valence-electron chi connectivity index (χ2n) is 3.90. The summed E-state index contributed by atoms with van der Waals surface area (Å²) in [6.45, 7) is 12.4. The molecule has 0 fully saturated rings. The van der Waals surface area contributed by atoms with Crippen LogP contribution in [0.1, 0.15) is 60.5 Å². The van der Waals surface area contributed by atoms with Gasteiger partial charge in [0, 0.05) is 0 Å².